The van der Waals surface area contributed by atoms with E-state index in [-0.39, 0.29) is 24.3 Å². The van der Waals surface area contributed by atoms with E-state index in [1.165, 1.54) is 0 Å². The van der Waals surface area contributed by atoms with Crippen LogP contribution in [0.4, 0.5) is 0 Å². The average Bonchev–Trinajstić information content (AvgIpc) is 2.82. The fourth-order valence-corrected chi connectivity index (χ4v) is 5.64. The summed E-state index contributed by atoms with van der Waals surface area (Å²) >= 11 is 0. The monoisotopic (exact) mass is 489 g/mol. The van der Waals surface area contributed by atoms with E-state index in [0.717, 1.165) is 12.0 Å². The molecule has 8 nitrogen and oxygen atoms in total. The molecule has 0 aliphatic carbocycles. The molecular formula is C27H39NO7. The first-order valence-corrected chi connectivity index (χ1v) is 12.9. The van der Waals surface area contributed by atoms with Gasteiger partial charge in [-0.15, -0.1) is 0 Å². The highest BCUT2D eigenvalue weighted by atomic mass is 16.6. The van der Waals surface area contributed by atoms with Crippen LogP contribution in [0.15, 0.2) is 18.2 Å². The van der Waals surface area contributed by atoms with Crippen LogP contribution in [0, 0.1) is 11.8 Å². The molecule has 4 atom stereocenters. The van der Waals surface area contributed by atoms with Crippen molar-refractivity contribution in [1.82, 2.24) is 4.90 Å². The van der Waals surface area contributed by atoms with Gasteiger partial charge in [0.25, 0.3) is 0 Å². The van der Waals surface area contributed by atoms with Gasteiger partial charge in [0.1, 0.15) is 11.2 Å². The van der Waals surface area contributed by atoms with Crippen molar-refractivity contribution >= 4 is 11.9 Å². The van der Waals surface area contributed by atoms with E-state index in [9.17, 15) is 14.7 Å². The molecule has 2 fully saturated rings. The molecule has 3 aliphatic rings. The van der Waals surface area contributed by atoms with Crippen molar-refractivity contribution in [2.45, 2.75) is 77.1 Å². The second-order valence-corrected chi connectivity index (χ2v) is 10.7. The van der Waals surface area contributed by atoms with Gasteiger partial charge in [-0.2, -0.15) is 0 Å². The maximum atomic E-state index is 12.9. The number of morpholine rings is 1. The number of carboxylic acids is 1. The molecule has 1 spiro atoms. The minimum absolute atomic E-state index is 0.0144. The molecule has 0 bridgehead atoms. The third-order valence-corrected chi connectivity index (χ3v) is 7.59. The summed E-state index contributed by atoms with van der Waals surface area (Å²) in [5.74, 6) is 0.912. The molecule has 1 aromatic rings. The number of carbonyl (C=O) groups is 2. The molecule has 0 aromatic heterocycles. The molecule has 4 rings (SSSR count). The summed E-state index contributed by atoms with van der Waals surface area (Å²) < 4.78 is 25.3. The zero-order chi connectivity index (χ0) is 25.2. The Hall–Kier alpha value is -2.32. The van der Waals surface area contributed by atoms with E-state index in [2.05, 4.69) is 13.8 Å². The Labute approximate surface area is 207 Å². The van der Waals surface area contributed by atoms with Gasteiger partial charge in [-0.05, 0) is 45.1 Å². The third-order valence-electron chi connectivity index (χ3n) is 7.59. The fourth-order valence-electron chi connectivity index (χ4n) is 5.64. The molecule has 194 valence electrons. The van der Waals surface area contributed by atoms with Crippen LogP contribution in [0.3, 0.4) is 0 Å². The summed E-state index contributed by atoms with van der Waals surface area (Å²) in [5, 5.41) is 9.44. The van der Waals surface area contributed by atoms with E-state index in [1.807, 2.05) is 36.9 Å². The van der Waals surface area contributed by atoms with Crippen molar-refractivity contribution in [3.05, 3.63) is 23.8 Å². The van der Waals surface area contributed by atoms with Crippen molar-refractivity contribution in [3.63, 3.8) is 0 Å². The first kappa shape index (κ1) is 25.8. The first-order valence-electron chi connectivity index (χ1n) is 12.9. The number of amides is 1. The van der Waals surface area contributed by atoms with E-state index >= 15 is 0 Å². The Morgan fingerprint density at radius 1 is 1.29 bits per heavy atom. The number of benzene rings is 1. The number of nitrogens with zero attached hydrogens (tertiary/aromatic N) is 1. The number of fused-ring (bicyclic) bond motifs is 3. The second-order valence-electron chi connectivity index (χ2n) is 10.7. The van der Waals surface area contributed by atoms with Crippen molar-refractivity contribution in [2.75, 3.05) is 32.9 Å². The summed E-state index contributed by atoms with van der Waals surface area (Å²) in [4.78, 5) is 26.3. The van der Waals surface area contributed by atoms with Crippen molar-refractivity contribution in [2.24, 2.45) is 11.8 Å². The molecule has 1 N–H and O–H groups in total. The minimum Gasteiger partial charge on any atom is -0.490 e. The summed E-state index contributed by atoms with van der Waals surface area (Å²) in [6.45, 7) is 10.5. The smallest absolute Gasteiger partial charge is 0.303 e. The van der Waals surface area contributed by atoms with Gasteiger partial charge in [-0.1, -0.05) is 26.0 Å². The van der Waals surface area contributed by atoms with Gasteiger partial charge < -0.3 is 29.0 Å². The average molecular weight is 490 g/mol. The Morgan fingerprint density at radius 3 is 2.80 bits per heavy atom. The van der Waals surface area contributed by atoms with Crippen molar-refractivity contribution in [1.29, 1.82) is 0 Å². The molecular weight excluding hydrogens is 450 g/mol. The second kappa shape index (κ2) is 10.3. The Balaban J connectivity index is 1.61. The molecule has 3 aliphatic heterocycles. The number of carbonyl (C=O) groups excluding carboxylic acids is 1. The number of rotatable bonds is 8. The van der Waals surface area contributed by atoms with Crippen LogP contribution in [0.5, 0.6) is 11.5 Å². The van der Waals surface area contributed by atoms with Gasteiger partial charge in [0.05, 0.1) is 32.5 Å². The molecule has 8 heteroatoms. The lowest BCUT2D eigenvalue weighted by Crippen LogP contribution is -2.62. The normalized spacial score (nSPS) is 29.9. The molecule has 0 unspecified atom stereocenters. The zero-order valence-corrected chi connectivity index (χ0v) is 21.4. The third kappa shape index (κ3) is 5.43. The predicted molar refractivity (Wildman–Crippen MR) is 130 cm³/mol. The van der Waals surface area contributed by atoms with Crippen LogP contribution in [-0.2, 0) is 19.1 Å². The van der Waals surface area contributed by atoms with Gasteiger partial charge in [-0.3, -0.25) is 9.59 Å². The first-order chi connectivity index (χ1) is 16.7. The summed E-state index contributed by atoms with van der Waals surface area (Å²) in [6, 6.07) is 5.80. The zero-order valence-electron chi connectivity index (χ0n) is 21.4. The number of hydrogen-bond donors (Lipinski definition) is 1. The lowest BCUT2D eigenvalue weighted by atomic mass is 9.69. The molecule has 3 heterocycles. The largest absolute Gasteiger partial charge is 0.490 e. The molecule has 1 amide bonds. The van der Waals surface area contributed by atoms with E-state index < -0.39 is 17.2 Å². The van der Waals surface area contributed by atoms with Crippen LogP contribution in [-0.4, -0.2) is 66.0 Å². The number of hydrogen-bond acceptors (Lipinski definition) is 6. The maximum absolute atomic E-state index is 12.9. The quantitative estimate of drug-likeness (QED) is 0.584. The van der Waals surface area contributed by atoms with Crippen LogP contribution in [0.1, 0.15) is 71.5 Å². The van der Waals surface area contributed by atoms with Crippen molar-refractivity contribution in [3.8, 4) is 11.5 Å². The summed E-state index contributed by atoms with van der Waals surface area (Å²) in [5.41, 5.74) is -0.496. The van der Waals surface area contributed by atoms with Crippen molar-refractivity contribution < 1.29 is 33.6 Å². The molecule has 35 heavy (non-hydrogen) atoms. The van der Waals surface area contributed by atoms with Crippen LogP contribution in [0.2, 0.25) is 0 Å². The molecule has 2 saturated heterocycles. The molecule has 0 saturated carbocycles. The standard InChI is InChI=1S/C27H39NO7/c1-5-32-21-8-6-7-19-24-20(26(4,35-25(19)21)12-11-23(30)31)15-27(17-33-24)16-28(13-14-34-27)22(29)10-9-18(2)3/h6-8,18,20,24H,5,9-17H2,1-4H3,(H,30,31)/t20-,24+,26+,27+/m0/s1. The number of carboxylic acid groups (broad SMARTS) is 1. The molecule has 1 aromatic carbocycles. The minimum atomic E-state index is -0.863. The highest BCUT2D eigenvalue weighted by molar-refractivity contribution is 5.76. The predicted octanol–water partition coefficient (Wildman–Crippen LogP) is 4.21. The van der Waals surface area contributed by atoms with Gasteiger partial charge in [0.15, 0.2) is 11.5 Å². The van der Waals surface area contributed by atoms with Gasteiger partial charge in [0, 0.05) is 30.9 Å². The topological polar surface area (TPSA) is 94.5 Å². The Kier molecular flexibility index (Phi) is 7.62. The van der Waals surface area contributed by atoms with E-state index in [4.69, 9.17) is 18.9 Å². The highest BCUT2D eigenvalue weighted by Crippen LogP contribution is 2.55. The van der Waals surface area contributed by atoms with Crippen LogP contribution >= 0.6 is 0 Å². The van der Waals surface area contributed by atoms with Gasteiger partial charge in [0.2, 0.25) is 5.91 Å². The Morgan fingerprint density at radius 2 is 2.09 bits per heavy atom. The van der Waals surface area contributed by atoms with Gasteiger partial charge in [-0.25, -0.2) is 0 Å². The number of aliphatic carboxylic acids is 1. The van der Waals surface area contributed by atoms with E-state index in [0.29, 0.717) is 69.6 Å². The molecule has 0 radical (unpaired) electrons. The van der Waals surface area contributed by atoms with Crippen LogP contribution in [0.25, 0.3) is 0 Å². The fraction of sp³-hybridized carbons (Fsp3) is 0.704. The number of para-hydroxylation sites is 1. The maximum Gasteiger partial charge on any atom is 0.303 e. The van der Waals surface area contributed by atoms with E-state index in [1.54, 1.807) is 0 Å². The van der Waals surface area contributed by atoms with Gasteiger partial charge >= 0.3 is 5.97 Å². The van der Waals surface area contributed by atoms with Crippen LogP contribution < -0.4 is 9.47 Å². The Bertz CT molecular complexity index is 934. The number of ether oxygens (including phenoxy) is 4. The summed E-state index contributed by atoms with van der Waals surface area (Å²) in [7, 11) is 0. The summed E-state index contributed by atoms with van der Waals surface area (Å²) in [6.07, 6.45) is 2.08. The lowest BCUT2D eigenvalue weighted by molar-refractivity contribution is -0.233. The SMILES string of the molecule is CCOc1cccc2c1O[C@](C)(CCC(=O)O)[C@H]1C[C@]3(CO[C@H]21)CN(C(=O)CCC(C)C)CCO3. The lowest BCUT2D eigenvalue weighted by Gasteiger charge is -2.55. The highest BCUT2D eigenvalue weighted by Gasteiger charge is 2.56.